The largest absolute Gasteiger partial charge is 0.478 e. The molecule has 0 atom stereocenters. The molecular formula is C16H14F2N6O6. The number of aromatic nitrogens is 4. The number of carbonyl (C=O) groups is 2. The molecule has 0 radical (unpaired) electrons. The van der Waals surface area contributed by atoms with Gasteiger partial charge >= 0.3 is 23.3 Å². The van der Waals surface area contributed by atoms with Gasteiger partial charge < -0.3 is 21.7 Å². The van der Waals surface area contributed by atoms with Crippen molar-refractivity contribution in [1.82, 2.24) is 19.9 Å². The van der Waals surface area contributed by atoms with E-state index < -0.39 is 35.0 Å². The number of halogens is 2. The van der Waals surface area contributed by atoms with E-state index in [1.165, 1.54) is 24.3 Å². The SMILES string of the molecule is Nc1[nH]c(=O)ncc1F.Nc1[nH]c(=O)ncc1F.O=C(O)c1ccc(C(=O)O)cc1. The van der Waals surface area contributed by atoms with Gasteiger partial charge in [0.1, 0.15) is 11.6 Å². The number of nitrogen functional groups attached to an aromatic ring is 2. The number of aromatic amines is 2. The maximum atomic E-state index is 12.1. The van der Waals surface area contributed by atoms with Gasteiger partial charge in [-0.05, 0) is 24.3 Å². The van der Waals surface area contributed by atoms with E-state index >= 15 is 0 Å². The fourth-order valence-corrected chi connectivity index (χ4v) is 1.54. The van der Waals surface area contributed by atoms with Crippen molar-refractivity contribution in [2.24, 2.45) is 0 Å². The van der Waals surface area contributed by atoms with Gasteiger partial charge in [-0.1, -0.05) is 0 Å². The van der Waals surface area contributed by atoms with E-state index in [1.54, 1.807) is 0 Å². The average molecular weight is 424 g/mol. The predicted octanol–water partition coefficient (Wildman–Crippen LogP) is 0.0654. The summed E-state index contributed by atoms with van der Waals surface area (Å²) >= 11 is 0. The third-order valence-corrected chi connectivity index (χ3v) is 2.97. The number of carboxylic acids is 2. The van der Waals surface area contributed by atoms with Crippen LogP contribution in [0, 0.1) is 11.6 Å². The lowest BCUT2D eigenvalue weighted by molar-refractivity contribution is 0.0681. The Labute approximate surface area is 164 Å². The van der Waals surface area contributed by atoms with Crippen molar-refractivity contribution in [3.05, 3.63) is 80.4 Å². The van der Waals surface area contributed by atoms with Crippen molar-refractivity contribution in [2.75, 3.05) is 11.5 Å². The zero-order valence-electron chi connectivity index (χ0n) is 14.8. The Kier molecular flexibility index (Phi) is 8.31. The molecule has 3 rings (SSSR count). The zero-order valence-corrected chi connectivity index (χ0v) is 14.8. The summed E-state index contributed by atoms with van der Waals surface area (Å²) in [6.45, 7) is 0. The number of H-pyrrole nitrogens is 2. The molecule has 2 heterocycles. The van der Waals surface area contributed by atoms with Crippen molar-refractivity contribution in [2.45, 2.75) is 0 Å². The van der Waals surface area contributed by atoms with E-state index in [1.807, 2.05) is 9.97 Å². The second-order valence-electron chi connectivity index (χ2n) is 5.09. The summed E-state index contributed by atoms with van der Waals surface area (Å²) in [5.41, 5.74) is 8.78. The molecule has 0 unspecified atom stereocenters. The molecule has 0 aliphatic rings. The van der Waals surface area contributed by atoms with Gasteiger partial charge in [0.15, 0.2) is 11.6 Å². The number of nitrogens with two attached hydrogens (primary N) is 2. The number of rotatable bonds is 2. The van der Waals surface area contributed by atoms with Gasteiger partial charge in [-0.3, -0.25) is 9.97 Å². The lowest BCUT2D eigenvalue weighted by Gasteiger charge is -1.94. The summed E-state index contributed by atoms with van der Waals surface area (Å²) in [6.07, 6.45) is 1.54. The molecule has 0 spiro atoms. The quantitative estimate of drug-likeness (QED) is 0.325. The maximum Gasteiger partial charge on any atom is 0.346 e. The van der Waals surface area contributed by atoms with Crippen LogP contribution in [0.3, 0.4) is 0 Å². The number of anilines is 2. The summed E-state index contributed by atoms with van der Waals surface area (Å²) in [6, 6.07) is 5.02. The summed E-state index contributed by atoms with van der Waals surface area (Å²) < 4.78 is 24.3. The molecule has 2 aromatic heterocycles. The van der Waals surface area contributed by atoms with Crippen LogP contribution in [0.15, 0.2) is 46.2 Å². The van der Waals surface area contributed by atoms with E-state index in [0.717, 1.165) is 12.4 Å². The number of hydrogen-bond acceptors (Lipinski definition) is 8. The topological polar surface area (TPSA) is 218 Å². The highest BCUT2D eigenvalue weighted by atomic mass is 19.1. The van der Waals surface area contributed by atoms with Crippen molar-refractivity contribution in [3.8, 4) is 0 Å². The number of nitrogens with zero attached hydrogens (tertiary/aromatic N) is 2. The van der Waals surface area contributed by atoms with Gasteiger partial charge in [0, 0.05) is 0 Å². The van der Waals surface area contributed by atoms with Crippen LogP contribution in [0.4, 0.5) is 20.4 Å². The first-order chi connectivity index (χ1) is 14.0. The maximum absolute atomic E-state index is 12.1. The summed E-state index contributed by atoms with van der Waals surface area (Å²) in [5, 5.41) is 16.9. The monoisotopic (exact) mass is 424 g/mol. The normalized spacial score (nSPS) is 9.40. The minimum atomic E-state index is -1.06. The second kappa shape index (κ2) is 10.6. The predicted molar refractivity (Wildman–Crippen MR) is 98.8 cm³/mol. The fourth-order valence-electron chi connectivity index (χ4n) is 1.54. The van der Waals surface area contributed by atoms with E-state index in [0.29, 0.717) is 0 Å². The molecule has 0 saturated carbocycles. The molecule has 12 nitrogen and oxygen atoms in total. The lowest BCUT2D eigenvalue weighted by atomic mass is 10.1. The molecule has 0 aliphatic heterocycles. The molecule has 14 heteroatoms. The number of carboxylic acid groups (broad SMARTS) is 2. The van der Waals surface area contributed by atoms with Crippen LogP contribution in [0.25, 0.3) is 0 Å². The van der Waals surface area contributed by atoms with Crippen LogP contribution in [0.1, 0.15) is 20.7 Å². The van der Waals surface area contributed by atoms with Gasteiger partial charge in [-0.15, -0.1) is 0 Å². The molecule has 1 aromatic carbocycles. The Morgan fingerprint density at radius 2 is 1.07 bits per heavy atom. The summed E-state index contributed by atoms with van der Waals surface area (Å²) in [5.74, 6) is -4.12. The molecule has 0 bridgehead atoms. The number of aromatic carboxylic acids is 2. The average Bonchev–Trinajstić information content (AvgIpc) is 2.69. The Morgan fingerprint density at radius 3 is 1.27 bits per heavy atom. The van der Waals surface area contributed by atoms with Crippen LogP contribution >= 0.6 is 0 Å². The second-order valence-corrected chi connectivity index (χ2v) is 5.09. The Hall–Kier alpha value is -4.62. The van der Waals surface area contributed by atoms with E-state index in [2.05, 4.69) is 9.97 Å². The lowest BCUT2D eigenvalue weighted by Crippen LogP contribution is -2.12. The van der Waals surface area contributed by atoms with E-state index in [9.17, 15) is 28.0 Å². The molecule has 3 aromatic rings. The molecular weight excluding hydrogens is 410 g/mol. The van der Waals surface area contributed by atoms with Crippen molar-refractivity contribution in [3.63, 3.8) is 0 Å². The van der Waals surface area contributed by atoms with Crippen LogP contribution in [-0.4, -0.2) is 42.1 Å². The molecule has 8 N–H and O–H groups in total. The van der Waals surface area contributed by atoms with Gasteiger partial charge in [-0.25, -0.2) is 28.0 Å². The molecule has 0 fully saturated rings. The van der Waals surface area contributed by atoms with Gasteiger partial charge in [-0.2, -0.15) is 9.97 Å². The Balaban J connectivity index is 0.000000229. The standard InChI is InChI=1S/C8H6O4.2C4H4FN3O/c9-7(10)5-1-2-6(4-3-5)8(11)12;2*5-2-1-7-4(9)8-3(2)6/h1-4H,(H,9,10)(H,11,12);2*1H,(H3,6,7,8,9). The molecule has 0 aliphatic carbocycles. The third kappa shape index (κ3) is 7.55. The van der Waals surface area contributed by atoms with Crippen LogP contribution < -0.4 is 22.8 Å². The number of hydrogen-bond donors (Lipinski definition) is 6. The smallest absolute Gasteiger partial charge is 0.346 e. The molecule has 0 amide bonds. The van der Waals surface area contributed by atoms with Gasteiger partial charge in [0.05, 0.1) is 23.5 Å². The first-order valence-electron chi connectivity index (χ1n) is 7.58. The minimum absolute atomic E-state index is 0.0833. The van der Waals surface area contributed by atoms with Gasteiger partial charge in [0.2, 0.25) is 0 Å². The highest BCUT2D eigenvalue weighted by Gasteiger charge is 2.04. The fraction of sp³-hybridized carbons (Fsp3) is 0. The highest BCUT2D eigenvalue weighted by molar-refractivity contribution is 5.91. The molecule has 30 heavy (non-hydrogen) atoms. The van der Waals surface area contributed by atoms with Crippen LogP contribution in [0.5, 0.6) is 0 Å². The van der Waals surface area contributed by atoms with Crippen molar-refractivity contribution in [1.29, 1.82) is 0 Å². The van der Waals surface area contributed by atoms with Crippen LogP contribution in [0.2, 0.25) is 0 Å². The van der Waals surface area contributed by atoms with Crippen molar-refractivity contribution >= 4 is 23.6 Å². The van der Waals surface area contributed by atoms with E-state index in [4.69, 9.17) is 21.7 Å². The Morgan fingerprint density at radius 1 is 0.767 bits per heavy atom. The third-order valence-electron chi connectivity index (χ3n) is 2.97. The summed E-state index contributed by atoms with van der Waals surface area (Å²) in [7, 11) is 0. The number of nitrogens with one attached hydrogen (secondary N) is 2. The minimum Gasteiger partial charge on any atom is -0.478 e. The summed E-state index contributed by atoms with van der Waals surface area (Å²) in [4.78, 5) is 51.2. The van der Waals surface area contributed by atoms with Crippen molar-refractivity contribution < 1.29 is 28.6 Å². The first-order valence-corrected chi connectivity index (χ1v) is 7.58. The molecule has 158 valence electrons. The number of benzene rings is 1. The zero-order chi connectivity index (χ0) is 22.8. The highest BCUT2D eigenvalue weighted by Crippen LogP contribution is 2.03. The molecule has 0 saturated heterocycles. The first kappa shape index (κ1) is 23.4. The van der Waals surface area contributed by atoms with Gasteiger partial charge in [0.25, 0.3) is 0 Å². The Bertz CT molecular complexity index is 1060. The van der Waals surface area contributed by atoms with Crippen LogP contribution in [-0.2, 0) is 0 Å². The van der Waals surface area contributed by atoms with E-state index in [-0.39, 0.29) is 22.8 Å².